The molecule has 0 radical (unpaired) electrons. The molecule has 0 unspecified atom stereocenters. The molecule has 0 aliphatic carbocycles. The Bertz CT molecular complexity index is 634. The van der Waals surface area contributed by atoms with Crippen molar-refractivity contribution in [3.05, 3.63) is 48.2 Å². The molecule has 1 aliphatic heterocycles. The highest BCUT2D eigenvalue weighted by atomic mass is 32.2. The Hall–Kier alpha value is -2.01. The number of hydrogen-bond acceptors (Lipinski definition) is 4. The third-order valence-corrected chi connectivity index (χ3v) is 4.24. The van der Waals surface area contributed by atoms with Crippen LogP contribution in [0.2, 0.25) is 0 Å². The summed E-state index contributed by atoms with van der Waals surface area (Å²) < 4.78 is 3.10. The topological polar surface area (TPSA) is 45.2 Å². The van der Waals surface area contributed by atoms with Gasteiger partial charge in [-0.05, 0) is 42.7 Å². The quantitative estimate of drug-likeness (QED) is 0.875. The number of nitrogens with one attached hydrogen (secondary N) is 1. The van der Waals surface area contributed by atoms with Crippen LogP contribution in [0.25, 0.3) is 11.1 Å². The van der Waals surface area contributed by atoms with E-state index in [0.717, 1.165) is 48.4 Å². The van der Waals surface area contributed by atoms with Gasteiger partial charge in [0.15, 0.2) is 0 Å². The fraction of sp³-hybridized carbons (Fsp3) is 0.294. The van der Waals surface area contributed by atoms with E-state index in [-0.39, 0.29) is 5.91 Å². The van der Waals surface area contributed by atoms with E-state index in [0.29, 0.717) is 0 Å². The van der Waals surface area contributed by atoms with Crippen molar-refractivity contribution in [3.63, 3.8) is 0 Å². The minimum absolute atomic E-state index is 0.140. The molecular formula is C17H19N3OS. The molecule has 0 saturated carbocycles. The average Bonchev–Trinajstić information content (AvgIpc) is 3.10. The summed E-state index contributed by atoms with van der Waals surface area (Å²) in [6, 6.07) is 11.8. The number of likely N-dealkylation sites (tertiary alicyclic amines) is 1. The van der Waals surface area contributed by atoms with Crippen molar-refractivity contribution in [1.29, 1.82) is 0 Å². The number of nitrogens with zero attached hydrogens (tertiary/aromatic N) is 2. The van der Waals surface area contributed by atoms with Crippen molar-refractivity contribution in [1.82, 2.24) is 9.88 Å². The SMILES string of the molecule is CSNc1ccc(-c2ccc(C(=O)N3CCCC3)cc2)cn1. The zero-order chi connectivity index (χ0) is 15.4. The van der Waals surface area contributed by atoms with Gasteiger partial charge in [-0.25, -0.2) is 4.98 Å². The van der Waals surface area contributed by atoms with E-state index in [9.17, 15) is 4.79 Å². The third kappa shape index (κ3) is 3.25. The summed E-state index contributed by atoms with van der Waals surface area (Å²) in [4.78, 5) is 18.6. The Kier molecular flexibility index (Phi) is 4.63. The van der Waals surface area contributed by atoms with E-state index >= 15 is 0 Å². The summed E-state index contributed by atoms with van der Waals surface area (Å²) in [5.74, 6) is 0.985. The van der Waals surface area contributed by atoms with E-state index in [4.69, 9.17) is 0 Å². The van der Waals surface area contributed by atoms with Crippen molar-refractivity contribution >= 4 is 23.7 Å². The number of hydrogen-bond donors (Lipinski definition) is 1. The van der Waals surface area contributed by atoms with Gasteiger partial charge in [0.25, 0.3) is 5.91 Å². The third-order valence-electron chi connectivity index (χ3n) is 3.83. The monoisotopic (exact) mass is 313 g/mol. The van der Waals surface area contributed by atoms with Crippen LogP contribution in [-0.4, -0.2) is 35.1 Å². The summed E-state index contributed by atoms with van der Waals surface area (Å²) in [6.45, 7) is 1.77. The highest BCUT2D eigenvalue weighted by Gasteiger charge is 2.19. The predicted octanol–water partition coefficient (Wildman–Crippen LogP) is 3.67. The van der Waals surface area contributed by atoms with Gasteiger partial charge in [0, 0.05) is 36.7 Å². The summed E-state index contributed by atoms with van der Waals surface area (Å²) in [6.07, 6.45) is 6.04. The first-order valence-electron chi connectivity index (χ1n) is 7.43. The molecule has 1 fully saturated rings. The Morgan fingerprint density at radius 3 is 2.36 bits per heavy atom. The molecule has 1 aromatic heterocycles. The first-order chi connectivity index (χ1) is 10.8. The molecule has 22 heavy (non-hydrogen) atoms. The molecule has 2 heterocycles. The molecule has 1 aromatic carbocycles. The maximum absolute atomic E-state index is 12.3. The summed E-state index contributed by atoms with van der Waals surface area (Å²) in [5.41, 5.74) is 2.88. The highest BCUT2D eigenvalue weighted by molar-refractivity contribution is 7.99. The number of carbonyl (C=O) groups excluding carboxylic acids is 1. The van der Waals surface area contributed by atoms with Gasteiger partial charge < -0.3 is 9.62 Å². The molecule has 5 heteroatoms. The lowest BCUT2D eigenvalue weighted by Gasteiger charge is -2.15. The van der Waals surface area contributed by atoms with E-state index in [1.165, 1.54) is 11.9 Å². The fourth-order valence-corrected chi connectivity index (χ4v) is 2.97. The van der Waals surface area contributed by atoms with Gasteiger partial charge in [-0.15, -0.1) is 0 Å². The predicted molar refractivity (Wildman–Crippen MR) is 91.9 cm³/mol. The van der Waals surface area contributed by atoms with Crippen molar-refractivity contribution in [2.24, 2.45) is 0 Å². The lowest BCUT2D eigenvalue weighted by molar-refractivity contribution is 0.0793. The Morgan fingerprint density at radius 1 is 1.09 bits per heavy atom. The number of aromatic nitrogens is 1. The van der Waals surface area contributed by atoms with Crippen molar-refractivity contribution < 1.29 is 4.79 Å². The molecule has 1 aliphatic rings. The molecule has 0 bridgehead atoms. The number of carbonyl (C=O) groups is 1. The maximum Gasteiger partial charge on any atom is 0.253 e. The first-order valence-corrected chi connectivity index (χ1v) is 8.65. The van der Waals surface area contributed by atoms with Crippen LogP contribution in [-0.2, 0) is 0 Å². The number of amides is 1. The Balaban J connectivity index is 1.74. The van der Waals surface area contributed by atoms with Gasteiger partial charge >= 0.3 is 0 Å². The summed E-state index contributed by atoms with van der Waals surface area (Å²) in [5, 5.41) is 0. The molecule has 1 saturated heterocycles. The molecule has 4 nitrogen and oxygen atoms in total. The second kappa shape index (κ2) is 6.83. The van der Waals surface area contributed by atoms with E-state index in [1.54, 1.807) is 0 Å². The molecule has 0 atom stereocenters. The zero-order valence-electron chi connectivity index (χ0n) is 12.6. The largest absolute Gasteiger partial charge is 0.339 e. The minimum atomic E-state index is 0.140. The van der Waals surface area contributed by atoms with Crippen LogP contribution in [0.1, 0.15) is 23.2 Å². The smallest absolute Gasteiger partial charge is 0.253 e. The summed E-state index contributed by atoms with van der Waals surface area (Å²) in [7, 11) is 0. The van der Waals surface area contributed by atoms with Crippen molar-refractivity contribution in [2.45, 2.75) is 12.8 Å². The van der Waals surface area contributed by atoms with Crippen molar-refractivity contribution in [3.8, 4) is 11.1 Å². The molecule has 114 valence electrons. The maximum atomic E-state index is 12.3. The highest BCUT2D eigenvalue weighted by Crippen LogP contribution is 2.22. The van der Waals surface area contributed by atoms with Crippen LogP contribution in [0.15, 0.2) is 42.6 Å². The second-order valence-corrected chi connectivity index (χ2v) is 5.93. The lowest BCUT2D eigenvalue weighted by Crippen LogP contribution is -2.27. The van der Waals surface area contributed by atoms with Gasteiger partial charge in [0.05, 0.1) is 0 Å². The second-order valence-electron chi connectivity index (χ2n) is 5.31. The molecule has 0 spiro atoms. The van der Waals surface area contributed by atoms with Gasteiger partial charge in [0.1, 0.15) is 5.82 Å². The van der Waals surface area contributed by atoms with Crippen LogP contribution in [0.4, 0.5) is 5.82 Å². The summed E-state index contributed by atoms with van der Waals surface area (Å²) >= 11 is 1.52. The van der Waals surface area contributed by atoms with E-state index < -0.39 is 0 Å². The van der Waals surface area contributed by atoms with Crippen LogP contribution < -0.4 is 4.72 Å². The van der Waals surface area contributed by atoms with Gasteiger partial charge in [-0.2, -0.15) is 0 Å². The Morgan fingerprint density at radius 2 is 1.77 bits per heavy atom. The Labute approximate surface area is 135 Å². The number of rotatable bonds is 4. The molecule has 1 amide bonds. The fourth-order valence-electron chi connectivity index (χ4n) is 2.64. The van der Waals surface area contributed by atoms with Crippen LogP contribution in [0.3, 0.4) is 0 Å². The van der Waals surface area contributed by atoms with E-state index in [2.05, 4.69) is 9.71 Å². The van der Waals surface area contributed by atoms with Crippen LogP contribution >= 0.6 is 11.9 Å². The standard InChI is InChI=1S/C17H19N3OS/c1-22-19-16-9-8-15(12-18-16)13-4-6-14(7-5-13)17(21)20-10-2-3-11-20/h4-9,12H,2-3,10-11H2,1H3,(H,18,19). The van der Waals surface area contributed by atoms with Crippen LogP contribution in [0, 0.1) is 0 Å². The van der Waals surface area contributed by atoms with Crippen LogP contribution in [0.5, 0.6) is 0 Å². The molecular weight excluding hydrogens is 294 g/mol. The van der Waals surface area contributed by atoms with Gasteiger partial charge in [0.2, 0.25) is 0 Å². The first kappa shape index (κ1) is 14.9. The number of pyridine rings is 1. The average molecular weight is 313 g/mol. The molecule has 2 aromatic rings. The minimum Gasteiger partial charge on any atom is -0.339 e. The number of benzene rings is 1. The zero-order valence-corrected chi connectivity index (χ0v) is 13.4. The van der Waals surface area contributed by atoms with Crippen molar-refractivity contribution in [2.75, 3.05) is 24.1 Å². The number of anilines is 1. The van der Waals surface area contributed by atoms with E-state index in [1.807, 2.05) is 53.8 Å². The molecule has 3 rings (SSSR count). The van der Waals surface area contributed by atoms with Gasteiger partial charge in [-0.3, -0.25) is 4.79 Å². The lowest BCUT2D eigenvalue weighted by atomic mass is 10.1. The normalized spacial score (nSPS) is 14.1. The van der Waals surface area contributed by atoms with Gasteiger partial charge in [-0.1, -0.05) is 24.1 Å². The molecule has 1 N–H and O–H groups in total.